The molecule has 29 heavy (non-hydrogen) atoms. The van der Waals surface area contributed by atoms with Crippen LogP contribution in [-0.2, 0) is 13.1 Å². The number of aromatic nitrogens is 6. The standard InChI is InChI=1S/C20H21ClN6O2/c21-13-9-15-19(23-10-13)25(7-1-2-8-28)18(24-15)12-26-17-11-22-6-5-16(17)27(20(26)29)14-3-4-14/h5-6,9-11,14,28H,1-4,7-8,12H2. The van der Waals surface area contributed by atoms with Crippen LogP contribution in [0.15, 0.2) is 35.5 Å². The summed E-state index contributed by atoms with van der Waals surface area (Å²) in [6.07, 6.45) is 8.61. The van der Waals surface area contributed by atoms with Gasteiger partial charge in [-0.1, -0.05) is 11.6 Å². The zero-order valence-corrected chi connectivity index (χ0v) is 16.6. The molecule has 0 atom stereocenters. The second-order valence-electron chi connectivity index (χ2n) is 7.44. The first-order valence-corrected chi connectivity index (χ1v) is 10.2. The largest absolute Gasteiger partial charge is 0.396 e. The maximum absolute atomic E-state index is 13.2. The van der Waals surface area contributed by atoms with Gasteiger partial charge >= 0.3 is 5.69 Å². The van der Waals surface area contributed by atoms with Crippen LogP contribution in [0, 0.1) is 0 Å². The number of fused-ring (bicyclic) bond motifs is 2. The zero-order chi connectivity index (χ0) is 20.0. The van der Waals surface area contributed by atoms with E-state index in [9.17, 15) is 4.79 Å². The quantitative estimate of drug-likeness (QED) is 0.471. The highest BCUT2D eigenvalue weighted by Crippen LogP contribution is 2.36. The molecule has 4 aromatic heterocycles. The predicted molar refractivity (Wildman–Crippen MR) is 110 cm³/mol. The second-order valence-corrected chi connectivity index (χ2v) is 7.88. The summed E-state index contributed by atoms with van der Waals surface area (Å²) in [6, 6.07) is 3.96. The van der Waals surface area contributed by atoms with Crippen LogP contribution in [0.4, 0.5) is 0 Å². The third-order valence-electron chi connectivity index (χ3n) is 5.40. The van der Waals surface area contributed by atoms with E-state index in [0.29, 0.717) is 30.0 Å². The van der Waals surface area contributed by atoms with Crippen molar-refractivity contribution < 1.29 is 5.11 Å². The minimum atomic E-state index is -0.0320. The van der Waals surface area contributed by atoms with Gasteiger partial charge in [0.1, 0.15) is 11.3 Å². The van der Waals surface area contributed by atoms with Crippen molar-refractivity contribution in [3.63, 3.8) is 0 Å². The van der Waals surface area contributed by atoms with Gasteiger partial charge in [0.25, 0.3) is 0 Å². The second kappa shape index (κ2) is 7.27. The Morgan fingerprint density at radius 2 is 2.03 bits per heavy atom. The molecule has 0 bridgehead atoms. The summed E-state index contributed by atoms with van der Waals surface area (Å²) < 4.78 is 5.64. The molecule has 0 aromatic carbocycles. The van der Waals surface area contributed by atoms with Crippen molar-refractivity contribution >= 4 is 33.8 Å². The van der Waals surface area contributed by atoms with Crippen LogP contribution in [0.2, 0.25) is 5.02 Å². The summed E-state index contributed by atoms with van der Waals surface area (Å²) in [7, 11) is 0. The highest BCUT2D eigenvalue weighted by atomic mass is 35.5. The lowest BCUT2D eigenvalue weighted by Gasteiger charge is -2.09. The minimum Gasteiger partial charge on any atom is -0.396 e. The lowest BCUT2D eigenvalue weighted by atomic mass is 10.3. The van der Waals surface area contributed by atoms with E-state index < -0.39 is 0 Å². The van der Waals surface area contributed by atoms with Crippen LogP contribution in [0.3, 0.4) is 0 Å². The van der Waals surface area contributed by atoms with E-state index in [1.54, 1.807) is 29.2 Å². The first kappa shape index (κ1) is 18.3. The third kappa shape index (κ3) is 3.22. The van der Waals surface area contributed by atoms with Crippen molar-refractivity contribution in [2.24, 2.45) is 0 Å². The molecule has 0 saturated heterocycles. The Bertz CT molecular complexity index is 1250. The van der Waals surface area contributed by atoms with Crippen LogP contribution < -0.4 is 5.69 Å². The Hall–Kier alpha value is -2.71. The van der Waals surface area contributed by atoms with E-state index in [0.717, 1.165) is 41.8 Å². The molecule has 1 aliphatic carbocycles. The topological polar surface area (TPSA) is 90.8 Å². The Balaban J connectivity index is 1.63. The number of aliphatic hydroxyl groups excluding tert-OH is 1. The van der Waals surface area contributed by atoms with Crippen LogP contribution in [0.1, 0.15) is 37.5 Å². The molecule has 0 radical (unpaired) electrons. The molecule has 1 N–H and O–H groups in total. The molecular formula is C20H21ClN6O2. The summed E-state index contributed by atoms with van der Waals surface area (Å²) in [6.45, 7) is 1.13. The van der Waals surface area contributed by atoms with E-state index in [2.05, 4.69) is 9.97 Å². The van der Waals surface area contributed by atoms with Gasteiger partial charge in [0.2, 0.25) is 0 Å². The summed E-state index contributed by atoms with van der Waals surface area (Å²) in [5.74, 6) is 0.744. The molecule has 1 saturated carbocycles. The van der Waals surface area contributed by atoms with Gasteiger partial charge in [-0.3, -0.25) is 14.1 Å². The third-order valence-corrected chi connectivity index (χ3v) is 5.60. The Morgan fingerprint density at radius 1 is 1.17 bits per heavy atom. The molecule has 9 heteroatoms. The molecule has 5 rings (SSSR count). The molecule has 4 aromatic rings. The van der Waals surface area contributed by atoms with E-state index in [1.807, 2.05) is 15.2 Å². The Labute approximate surface area is 171 Å². The number of aryl methyl sites for hydroxylation is 1. The van der Waals surface area contributed by atoms with E-state index in [4.69, 9.17) is 21.7 Å². The van der Waals surface area contributed by atoms with Crippen LogP contribution >= 0.6 is 11.6 Å². The SMILES string of the molecule is O=c1n(Cc2nc3cc(Cl)cnc3n2CCCCO)c2cnccc2n1C1CC1. The average Bonchev–Trinajstić information content (AvgIpc) is 3.44. The molecule has 0 aliphatic heterocycles. The molecule has 1 aliphatic rings. The number of hydrogen-bond donors (Lipinski definition) is 1. The van der Waals surface area contributed by atoms with Gasteiger partial charge in [0.15, 0.2) is 5.65 Å². The summed E-state index contributed by atoms with van der Waals surface area (Å²) in [5.41, 5.74) is 3.13. The maximum atomic E-state index is 13.2. The average molecular weight is 413 g/mol. The van der Waals surface area contributed by atoms with Crippen molar-refractivity contribution in [1.82, 2.24) is 28.7 Å². The fraction of sp³-hybridized carbons (Fsp3) is 0.400. The van der Waals surface area contributed by atoms with Crippen molar-refractivity contribution in [3.05, 3.63) is 52.1 Å². The van der Waals surface area contributed by atoms with Crippen LogP contribution in [0.5, 0.6) is 0 Å². The number of rotatable bonds is 7. The van der Waals surface area contributed by atoms with Gasteiger partial charge in [-0.05, 0) is 37.8 Å². The zero-order valence-electron chi connectivity index (χ0n) is 15.8. The normalized spacial score (nSPS) is 14.3. The van der Waals surface area contributed by atoms with Gasteiger partial charge in [-0.2, -0.15) is 0 Å². The number of halogens is 1. The molecule has 4 heterocycles. The van der Waals surface area contributed by atoms with Gasteiger partial charge in [-0.15, -0.1) is 0 Å². The van der Waals surface area contributed by atoms with Crippen molar-refractivity contribution in [1.29, 1.82) is 0 Å². The summed E-state index contributed by atoms with van der Waals surface area (Å²) in [5, 5.41) is 9.68. The van der Waals surface area contributed by atoms with Crippen molar-refractivity contribution in [3.8, 4) is 0 Å². The predicted octanol–water partition coefficient (Wildman–Crippen LogP) is 2.75. The van der Waals surface area contributed by atoms with E-state index >= 15 is 0 Å². The van der Waals surface area contributed by atoms with Gasteiger partial charge in [0, 0.05) is 31.6 Å². The molecule has 0 spiro atoms. The highest BCUT2D eigenvalue weighted by molar-refractivity contribution is 6.31. The van der Waals surface area contributed by atoms with E-state index in [1.165, 1.54) is 0 Å². The molecule has 8 nitrogen and oxygen atoms in total. The summed E-state index contributed by atoms with van der Waals surface area (Å²) >= 11 is 6.10. The number of nitrogens with zero attached hydrogens (tertiary/aromatic N) is 6. The molecule has 150 valence electrons. The number of imidazole rings is 2. The van der Waals surface area contributed by atoms with Gasteiger partial charge < -0.3 is 9.67 Å². The maximum Gasteiger partial charge on any atom is 0.329 e. The number of unbranched alkanes of at least 4 members (excludes halogenated alkanes) is 1. The molecule has 0 amide bonds. The number of hydrogen-bond acceptors (Lipinski definition) is 5. The fourth-order valence-corrected chi connectivity index (χ4v) is 4.03. The number of pyridine rings is 2. The summed E-state index contributed by atoms with van der Waals surface area (Å²) in [4.78, 5) is 26.6. The number of aliphatic hydroxyl groups is 1. The molecule has 0 unspecified atom stereocenters. The Kier molecular flexibility index (Phi) is 4.60. The van der Waals surface area contributed by atoms with Crippen LogP contribution in [0.25, 0.3) is 22.2 Å². The van der Waals surface area contributed by atoms with Gasteiger partial charge in [0.05, 0.1) is 28.8 Å². The fourth-order valence-electron chi connectivity index (χ4n) is 3.88. The first-order chi connectivity index (χ1) is 14.2. The smallest absolute Gasteiger partial charge is 0.329 e. The molecular weight excluding hydrogens is 392 g/mol. The monoisotopic (exact) mass is 412 g/mol. The van der Waals surface area contributed by atoms with Gasteiger partial charge in [-0.25, -0.2) is 14.8 Å². The van der Waals surface area contributed by atoms with E-state index in [-0.39, 0.29) is 18.3 Å². The lowest BCUT2D eigenvalue weighted by Crippen LogP contribution is -2.25. The van der Waals surface area contributed by atoms with Crippen LogP contribution in [-0.4, -0.2) is 40.4 Å². The van der Waals surface area contributed by atoms with Crippen molar-refractivity contribution in [2.45, 2.75) is 44.8 Å². The lowest BCUT2D eigenvalue weighted by molar-refractivity contribution is 0.281. The Morgan fingerprint density at radius 3 is 2.83 bits per heavy atom. The first-order valence-electron chi connectivity index (χ1n) is 9.83. The highest BCUT2D eigenvalue weighted by Gasteiger charge is 2.29. The molecule has 1 fully saturated rings. The minimum absolute atomic E-state index is 0.0320. The van der Waals surface area contributed by atoms with Crippen molar-refractivity contribution in [2.75, 3.05) is 6.61 Å².